The lowest BCUT2D eigenvalue weighted by Crippen LogP contribution is -2.46. The van der Waals surface area contributed by atoms with E-state index in [2.05, 4.69) is 15.2 Å². The van der Waals surface area contributed by atoms with Crippen LogP contribution in [0.15, 0.2) is 45.8 Å². The molecule has 7 nitrogen and oxygen atoms in total. The van der Waals surface area contributed by atoms with Crippen molar-refractivity contribution in [1.29, 1.82) is 0 Å². The molecule has 1 aromatic carbocycles. The molecule has 0 N–H and O–H groups in total. The van der Waals surface area contributed by atoms with Gasteiger partial charge >= 0.3 is 0 Å². The number of nitrogens with zero attached hydrogens (tertiary/aromatic N) is 4. The maximum Gasteiger partial charge on any atom is 0.269 e. The molecule has 1 aliphatic heterocycles. The molecule has 2 aromatic heterocycles. The van der Waals surface area contributed by atoms with Crippen molar-refractivity contribution in [3.8, 4) is 11.3 Å². The molecule has 0 saturated carbocycles. The van der Waals surface area contributed by atoms with Crippen LogP contribution >= 0.6 is 0 Å². The van der Waals surface area contributed by atoms with Gasteiger partial charge < -0.3 is 14.2 Å². The zero-order valence-electron chi connectivity index (χ0n) is 16.6. The minimum atomic E-state index is -0.323. The summed E-state index contributed by atoms with van der Waals surface area (Å²) in [7, 11) is 0. The molecule has 1 saturated heterocycles. The van der Waals surface area contributed by atoms with E-state index in [1.165, 1.54) is 16.8 Å². The lowest BCUT2D eigenvalue weighted by molar-refractivity contribution is -0.00525. The van der Waals surface area contributed by atoms with Gasteiger partial charge in [0.05, 0.1) is 30.6 Å². The molecule has 0 aliphatic carbocycles. The molecule has 3 aromatic rings. The van der Waals surface area contributed by atoms with Crippen molar-refractivity contribution < 1.29 is 13.7 Å². The Balaban J connectivity index is 1.60. The van der Waals surface area contributed by atoms with E-state index in [0.717, 1.165) is 29.9 Å². The van der Waals surface area contributed by atoms with Crippen LogP contribution in [0.25, 0.3) is 11.3 Å². The highest BCUT2D eigenvalue weighted by molar-refractivity contribution is 5.63. The molecule has 3 heterocycles. The number of rotatable bonds is 4. The average molecular weight is 398 g/mol. The smallest absolute Gasteiger partial charge is 0.269 e. The highest BCUT2D eigenvalue weighted by Crippen LogP contribution is 2.26. The number of anilines is 1. The Labute approximate surface area is 167 Å². The summed E-state index contributed by atoms with van der Waals surface area (Å²) in [6, 6.07) is 7.60. The van der Waals surface area contributed by atoms with Gasteiger partial charge in [-0.1, -0.05) is 5.16 Å². The molecule has 0 bridgehead atoms. The summed E-state index contributed by atoms with van der Waals surface area (Å²) in [6.07, 6.45) is 1.89. The third-order valence-corrected chi connectivity index (χ3v) is 5.05. The molecule has 0 amide bonds. The third kappa shape index (κ3) is 4.07. The van der Waals surface area contributed by atoms with Crippen LogP contribution in [0.1, 0.15) is 25.2 Å². The normalized spacial score (nSPS) is 19.5. The molecule has 8 heteroatoms. The fourth-order valence-corrected chi connectivity index (χ4v) is 3.67. The summed E-state index contributed by atoms with van der Waals surface area (Å²) in [5.74, 6) is 0.272. The highest BCUT2D eigenvalue weighted by Gasteiger charge is 2.23. The van der Waals surface area contributed by atoms with Gasteiger partial charge in [0, 0.05) is 30.3 Å². The first-order chi connectivity index (χ1) is 13.9. The SMILES string of the molecule is Cc1onc(-c2ccc(F)cc2)c1Cn1ncc(N2CC(C)OC(C)C2)cc1=O. The maximum absolute atomic E-state index is 13.2. The van der Waals surface area contributed by atoms with Gasteiger partial charge in [0.25, 0.3) is 5.56 Å². The Bertz CT molecular complexity index is 1050. The lowest BCUT2D eigenvalue weighted by atomic mass is 10.1. The second kappa shape index (κ2) is 7.79. The summed E-state index contributed by atoms with van der Waals surface area (Å²) in [5, 5.41) is 8.45. The Morgan fingerprint density at radius 1 is 1.17 bits per heavy atom. The molecule has 1 aliphatic rings. The number of halogens is 1. The van der Waals surface area contributed by atoms with E-state index < -0.39 is 0 Å². The number of aryl methyl sites for hydroxylation is 1. The van der Waals surface area contributed by atoms with Crippen molar-refractivity contribution in [3.05, 3.63) is 64.0 Å². The van der Waals surface area contributed by atoms with Gasteiger partial charge in [0.2, 0.25) is 0 Å². The molecular weight excluding hydrogens is 375 g/mol. The van der Waals surface area contributed by atoms with E-state index in [-0.39, 0.29) is 30.1 Å². The summed E-state index contributed by atoms with van der Waals surface area (Å²) >= 11 is 0. The van der Waals surface area contributed by atoms with Gasteiger partial charge in [-0.25, -0.2) is 9.07 Å². The molecule has 4 rings (SSSR count). The molecule has 0 radical (unpaired) electrons. The van der Waals surface area contributed by atoms with Gasteiger partial charge in [-0.05, 0) is 45.0 Å². The molecule has 152 valence electrons. The second-order valence-corrected chi connectivity index (χ2v) is 7.44. The quantitative estimate of drug-likeness (QED) is 0.673. The first kappa shape index (κ1) is 19.3. The minimum Gasteiger partial charge on any atom is -0.372 e. The number of benzene rings is 1. The van der Waals surface area contributed by atoms with Crippen LogP contribution in [0.2, 0.25) is 0 Å². The molecule has 2 unspecified atom stereocenters. The van der Waals surface area contributed by atoms with E-state index >= 15 is 0 Å². The molecule has 0 spiro atoms. The molecular formula is C21H23FN4O3. The van der Waals surface area contributed by atoms with Gasteiger partial charge in [-0.2, -0.15) is 5.10 Å². The largest absolute Gasteiger partial charge is 0.372 e. The van der Waals surface area contributed by atoms with E-state index in [4.69, 9.17) is 9.26 Å². The van der Waals surface area contributed by atoms with Crippen molar-refractivity contribution in [2.75, 3.05) is 18.0 Å². The first-order valence-electron chi connectivity index (χ1n) is 9.59. The van der Waals surface area contributed by atoms with Gasteiger partial charge in [-0.3, -0.25) is 4.79 Å². The number of morpholine rings is 1. The predicted molar refractivity (Wildman–Crippen MR) is 106 cm³/mol. The minimum absolute atomic E-state index is 0.0964. The van der Waals surface area contributed by atoms with Crippen molar-refractivity contribution in [2.45, 2.75) is 39.5 Å². The van der Waals surface area contributed by atoms with E-state index in [9.17, 15) is 9.18 Å². The Kier molecular flexibility index (Phi) is 5.19. The molecule has 2 atom stereocenters. The van der Waals surface area contributed by atoms with Crippen molar-refractivity contribution in [2.24, 2.45) is 0 Å². The molecule has 1 fully saturated rings. The van der Waals surface area contributed by atoms with Crippen LogP contribution in [-0.2, 0) is 11.3 Å². The summed E-state index contributed by atoms with van der Waals surface area (Å²) in [6.45, 7) is 7.47. The predicted octanol–water partition coefficient (Wildman–Crippen LogP) is 3.01. The van der Waals surface area contributed by atoms with Crippen LogP contribution < -0.4 is 10.5 Å². The monoisotopic (exact) mass is 398 g/mol. The standard InChI is InChI=1S/C21H23FN4O3/c1-13-10-25(11-14(2)28-13)18-8-20(27)26(23-9-18)12-19-15(3)29-24-21(19)16-4-6-17(22)7-5-16/h4-9,13-14H,10-12H2,1-3H3. The second-order valence-electron chi connectivity index (χ2n) is 7.44. The van der Waals surface area contributed by atoms with Crippen LogP contribution in [0, 0.1) is 12.7 Å². The van der Waals surface area contributed by atoms with Crippen LogP contribution in [-0.4, -0.2) is 40.2 Å². The molecule has 29 heavy (non-hydrogen) atoms. The third-order valence-electron chi connectivity index (χ3n) is 5.05. The topological polar surface area (TPSA) is 73.4 Å². The number of aromatic nitrogens is 3. The number of ether oxygens (including phenoxy) is 1. The summed E-state index contributed by atoms with van der Waals surface area (Å²) < 4.78 is 25.7. The van der Waals surface area contributed by atoms with Crippen LogP contribution in [0.5, 0.6) is 0 Å². The zero-order chi connectivity index (χ0) is 20.5. The summed E-state index contributed by atoms with van der Waals surface area (Å²) in [4.78, 5) is 14.8. The van der Waals surface area contributed by atoms with Crippen LogP contribution in [0.3, 0.4) is 0 Å². The van der Waals surface area contributed by atoms with E-state index in [0.29, 0.717) is 11.5 Å². The van der Waals surface area contributed by atoms with Crippen molar-refractivity contribution >= 4 is 5.69 Å². The van der Waals surface area contributed by atoms with Gasteiger partial charge in [-0.15, -0.1) is 0 Å². The fourth-order valence-electron chi connectivity index (χ4n) is 3.67. The number of hydrogen-bond donors (Lipinski definition) is 0. The van der Waals surface area contributed by atoms with Gasteiger partial charge in [0.15, 0.2) is 0 Å². The Morgan fingerprint density at radius 3 is 2.52 bits per heavy atom. The average Bonchev–Trinajstić information content (AvgIpc) is 3.04. The maximum atomic E-state index is 13.2. The van der Waals surface area contributed by atoms with Crippen molar-refractivity contribution in [1.82, 2.24) is 14.9 Å². The van der Waals surface area contributed by atoms with Gasteiger partial charge in [0.1, 0.15) is 17.3 Å². The first-order valence-corrected chi connectivity index (χ1v) is 9.59. The highest BCUT2D eigenvalue weighted by atomic mass is 19.1. The summed E-state index contributed by atoms with van der Waals surface area (Å²) in [5.41, 5.74) is 2.62. The zero-order valence-corrected chi connectivity index (χ0v) is 16.6. The van der Waals surface area contributed by atoms with E-state index in [1.54, 1.807) is 31.3 Å². The number of hydrogen-bond acceptors (Lipinski definition) is 6. The fraction of sp³-hybridized carbons (Fsp3) is 0.381. The van der Waals surface area contributed by atoms with Crippen molar-refractivity contribution in [3.63, 3.8) is 0 Å². The Morgan fingerprint density at radius 2 is 1.86 bits per heavy atom. The Hall–Kier alpha value is -3.00. The lowest BCUT2D eigenvalue weighted by Gasteiger charge is -2.36. The van der Waals surface area contributed by atoms with E-state index in [1.807, 2.05) is 13.8 Å². The van der Waals surface area contributed by atoms with Crippen LogP contribution in [0.4, 0.5) is 10.1 Å².